The Hall–Kier alpha value is -2.19. The van der Waals surface area contributed by atoms with Crippen LogP contribution >= 0.6 is 11.6 Å². The van der Waals surface area contributed by atoms with E-state index in [1.54, 1.807) is 13.0 Å². The zero-order valence-corrected chi connectivity index (χ0v) is 15.8. The van der Waals surface area contributed by atoms with Crippen molar-refractivity contribution in [2.75, 3.05) is 15.9 Å². The fourth-order valence-electron chi connectivity index (χ4n) is 2.35. The van der Waals surface area contributed by atoms with Gasteiger partial charge in [-0.1, -0.05) is 17.7 Å². The maximum atomic E-state index is 13.3. The summed E-state index contributed by atoms with van der Waals surface area (Å²) < 4.78 is 51.6. The lowest BCUT2D eigenvalue weighted by molar-refractivity contribution is -0.116. The lowest BCUT2D eigenvalue weighted by atomic mass is 10.2. The number of nitrogens with one attached hydrogen (secondary N) is 1. The second kappa shape index (κ2) is 7.59. The van der Waals surface area contributed by atoms with Crippen molar-refractivity contribution in [3.8, 4) is 0 Å². The van der Waals surface area contributed by atoms with Crippen LogP contribution in [0.25, 0.3) is 0 Å². The average Bonchev–Trinajstić information content (AvgIpc) is 2.53. The summed E-state index contributed by atoms with van der Waals surface area (Å²) in [7, 11) is -3.82. The third-order valence-corrected chi connectivity index (χ3v) is 5.33. The van der Waals surface area contributed by atoms with E-state index in [4.69, 9.17) is 11.6 Å². The number of nitrogens with zero attached hydrogens (tertiary/aromatic N) is 1. The Morgan fingerprint density at radius 1 is 1.15 bits per heavy atom. The molecule has 0 heterocycles. The van der Waals surface area contributed by atoms with Crippen molar-refractivity contribution in [3.05, 3.63) is 58.6 Å². The van der Waals surface area contributed by atoms with E-state index in [1.165, 1.54) is 25.1 Å². The van der Waals surface area contributed by atoms with Crippen LogP contribution in [0.4, 0.5) is 20.2 Å². The molecule has 0 saturated heterocycles. The van der Waals surface area contributed by atoms with Gasteiger partial charge in [-0.15, -0.1) is 0 Å². The molecule has 0 saturated carbocycles. The number of carbonyl (C=O) groups excluding carboxylic acids is 1. The van der Waals surface area contributed by atoms with E-state index < -0.39 is 33.6 Å². The summed E-state index contributed by atoms with van der Waals surface area (Å²) in [6.07, 6.45) is 0.960. The van der Waals surface area contributed by atoms with Crippen LogP contribution in [0.2, 0.25) is 5.02 Å². The Morgan fingerprint density at radius 3 is 2.35 bits per heavy atom. The van der Waals surface area contributed by atoms with Gasteiger partial charge in [0.25, 0.3) is 0 Å². The Bertz CT molecular complexity index is 951. The van der Waals surface area contributed by atoms with Crippen molar-refractivity contribution in [1.29, 1.82) is 0 Å². The SMILES string of the molecule is Cc1ccc(N(C(C)C(=O)Nc2ccc(F)c(F)c2)S(C)(=O)=O)cc1Cl. The van der Waals surface area contributed by atoms with Crippen molar-refractivity contribution in [3.63, 3.8) is 0 Å². The van der Waals surface area contributed by atoms with E-state index in [2.05, 4.69) is 5.32 Å². The summed E-state index contributed by atoms with van der Waals surface area (Å²) in [6.45, 7) is 3.14. The predicted molar refractivity (Wildman–Crippen MR) is 98.0 cm³/mol. The molecule has 0 fully saturated rings. The van der Waals surface area contributed by atoms with E-state index in [0.717, 1.165) is 28.3 Å². The highest BCUT2D eigenvalue weighted by atomic mass is 35.5. The number of rotatable bonds is 5. The van der Waals surface area contributed by atoms with Gasteiger partial charge in [-0.3, -0.25) is 9.10 Å². The zero-order valence-electron chi connectivity index (χ0n) is 14.3. The van der Waals surface area contributed by atoms with Crippen molar-refractivity contribution in [2.45, 2.75) is 19.9 Å². The third-order valence-electron chi connectivity index (χ3n) is 3.69. The highest BCUT2D eigenvalue weighted by Crippen LogP contribution is 2.27. The van der Waals surface area contributed by atoms with E-state index in [9.17, 15) is 22.0 Å². The van der Waals surface area contributed by atoms with Gasteiger partial charge in [-0.2, -0.15) is 0 Å². The molecule has 26 heavy (non-hydrogen) atoms. The molecule has 1 unspecified atom stereocenters. The first-order chi connectivity index (χ1) is 12.0. The molecule has 1 N–H and O–H groups in total. The molecule has 2 aromatic carbocycles. The van der Waals surface area contributed by atoms with Crippen molar-refractivity contribution >= 4 is 38.9 Å². The average molecular weight is 403 g/mol. The van der Waals surface area contributed by atoms with E-state index in [-0.39, 0.29) is 11.4 Å². The van der Waals surface area contributed by atoms with Gasteiger partial charge in [-0.05, 0) is 43.7 Å². The van der Waals surface area contributed by atoms with Gasteiger partial charge in [0.1, 0.15) is 6.04 Å². The number of anilines is 2. The molecule has 140 valence electrons. The molecule has 0 bridgehead atoms. The molecule has 0 radical (unpaired) electrons. The fourth-order valence-corrected chi connectivity index (χ4v) is 3.69. The molecule has 1 amide bonds. The molecule has 2 rings (SSSR count). The van der Waals surface area contributed by atoms with Crippen LogP contribution in [0.3, 0.4) is 0 Å². The number of amides is 1. The maximum Gasteiger partial charge on any atom is 0.247 e. The molecule has 0 aromatic heterocycles. The molecular weight excluding hydrogens is 386 g/mol. The summed E-state index contributed by atoms with van der Waals surface area (Å²) in [5, 5.41) is 2.72. The normalized spacial score (nSPS) is 12.5. The number of hydrogen-bond donors (Lipinski definition) is 1. The van der Waals surface area contributed by atoms with Gasteiger partial charge in [0.05, 0.1) is 11.9 Å². The van der Waals surface area contributed by atoms with Gasteiger partial charge < -0.3 is 5.32 Å². The minimum Gasteiger partial charge on any atom is -0.324 e. The van der Waals surface area contributed by atoms with Crippen LogP contribution in [0, 0.1) is 18.6 Å². The summed E-state index contributed by atoms with van der Waals surface area (Å²) in [6, 6.07) is 6.31. The second-order valence-corrected chi connectivity index (χ2v) is 8.05. The molecule has 1 atom stereocenters. The molecule has 0 spiro atoms. The first kappa shape index (κ1) is 20.1. The smallest absolute Gasteiger partial charge is 0.247 e. The van der Waals surface area contributed by atoms with Crippen LogP contribution in [-0.2, 0) is 14.8 Å². The summed E-state index contributed by atoms with van der Waals surface area (Å²) in [5.74, 6) is -2.89. The molecule has 5 nitrogen and oxygen atoms in total. The van der Waals surface area contributed by atoms with Gasteiger partial charge in [-0.25, -0.2) is 17.2 Å². The van der Waals surface area contributed by atoms with Gasteiger partial charge >= 0.3 is 0 Å². The number of benzene rings is 2. The van der Waals surface area contributed by atoms with Crippen LogP contribution in [0.5, 0.6) is 0 Å². The summed E-state index contributed by atoms with van der Waals surface area (Å²) >= 11 is 6.06. The molecule has 0 aliphatic heterocycles. The third kappa shape index (κ3) is 4.50. The Labute approximate surface area is 155 Å². The lowest BCUT2D eigenvalue weighted by Gasteiger charge is -2.28. The van der Waals surface area contributed by atoms with E-state index >= 15 is 0 Å². The van der Waals surface area contributed by atoms with Gasteiger partial charge in [0.15, 0.2) is 11.6 Å². The van der Waals surface area contributed by atoms with Crippen molar-refractivity contribution in [2.24, 2.45) is 0 Å². The predicted octanol–water partition coefficient (Wildman–Crippen LogP) is 3.72. The molecular formula is C17H17ClF2N2O3S. The standard InChI is InChI=1S/C17H17ClF2N2O3S/c1-10-4-6-13(9-14(10)18)22(26(3,24)25)11(2)17(23)21-12-5-7-15(19)16(20)8-12/h4-9,11H,1-3H3,(H,21,23). The largest absolute Gasteiger partial charge is 0.324 e. The first-order valence-electron chi connectivity index (χ1n) is 7.52. The lowest BCUT2D eigenvalue weighted by Crippen LogP contribution is -2.45. The minimum absolute atomic E-state index is 0.0103. The molecule has 9 heteroatoms. The minimum atomic E-state index is -3.82. The Kier molecular flexibility index (Phi) is 5.87. The van der Waals surface area contributed by atoms with Crippen LogP contribution in [-0.4, -0.2) is 26.6 Å². The summed E-state index contributed by atoms with van der Waals surface area (Å²) in [4.78, 5) is 12.5. The molecule has 0 aliphatic rings. The molecule has 2 aromatic rings. The van der Waals surface area contributed by atoms with Crippen molar-refractivity contribution in [1.82, 2.24) is 0 Å². The number of carbonyl (C=O) groups is 1. The number of aryl methyl sites for hydroxylation is 1. The van der Waals surface area contributed by atoms with E-state index in [0.29, 0.717) is 5.02 Å². The first-order valence-corrected chi connectivity index (χ1v) is 9.75. The highest BCUT2D eigenvalue weighted by molar-refractivity contribution is 7.92. The molecule has 0 aliphatic carbocycles. The number of hydrogen-bond acceptors (Lipinski definition) is 3. The van der Waals surface area contributed by atoms with Crippen LogP contribution < -0.4 is 9.62 Å². The zero-order chi connectivity index (χ0) is 19.6. The Balaban J connectivity index is 2.34. The fraction of sp³-hybridized carbons (Fsp3) is 0.235. The second-order valence-electron chi connectivity index (χ2n) is 5.79. The maximum absolute atomic E-state index is 13.3. The van der Waals surface area contributed by atoms with Gasteiger partial charge in [0.2, 0.25) is 15.9 Å². The number of sulfonamides is 1. The van der Waals surface area contributed by atoms with Crippen LogP contribution in [0.1, 0.15) is 12.5 Å². The monoisotopic (exact) mass is 402 g/mol. The topological polar surface area (TPSA) is 66.5 Å². The number of halogens is 3. The highest BCUT2D eigenvalue weighted by Gasteiger charge is 2.29. The van der Waals surface area contributed by atoms with Gasteiger partial charge in [0, 0.05) is 16.8 Å². The van der Waals surface area contributed by atoms with Crippen molar-refractivity contribution < 1.29 is 22.0 Å². The summed E-state index contributed by atoms with van der Waals surface area (Å²) in [5.41, 5.74) is 0.981. The Morgan fingerprint density at radius 2 is 1.81 bits per heavy atom. The van der Waals surface area contributed by atoms with Crippen LogP contribution in [0.15, 0.2) is 36.4 Å². The quantitative estimate of drug-likeness (QED) is 0.828. The van der Waals surface area contributed by atoms with E-state index in [1.807, 2.05) is 0 Å².